The lowest BCUT2D eigenvalue weighted by Crippen LogP contribution is -2.12. The summed E-state index contributed by atoms with van der Waals surface area (Å²) in [7, 11) is 0. The molecule has 0 aliphatic carbocycles. The van der Waals surface area contributed by atoms with Crippen LogP contribution in [0.5, 0.6) is 5.75 Å². The molecule has 4 N–H and O–H groups in total. The summed E-state index contributed by atoms with van der Waals surface area (Å²) < 4.78 is 5.42. The van der Waals surface area contributed by atoms with Crippen LogP contribution in [0.2, 0.25) is 0 Å². The molecule has 0 heterocycles. The Morgan fingerprint density at radius 2 is 2.20 bits per heavy atom. The first-order chi connectivity index (χ1) is 7.27. The second-order valence-electron chi connectivity index (χ2n) is 3.54. The third kappa shape index (κ3) is 3.90. The molecule has 1 aromatic carbocycles. The van der Waals surface area contributed by atoms with Crippen LogP contribution in [0.25, 0.3) is 0 Å². The van der Waals surface area contributed by atoms with Crippen LogP contribution >= 0.6 is 0 Å². The lowest BCUT2D eigenvalue weighted by molar-refractivity contribution is 0.339. The van der Waals surface area contributed by atoms with E-state index in [2.05, 4.69) is 0 Å². The van der Waals surface area contributed by atoms with Gasteiger partial charge in [-0.05, 0) is 44.0 Å². The summed E-state index contributed by atoms with van der Waals surface area (Å²) in [5.74, 6) is 0.887. The van der Waals surface area contributed by atoms with Crippen LogP contribution in [-0.4, -0.2) is 13.2 Å². The maximum absolute atomic E-state index is 6.04. The van der Waals surface area contributed by atoms with E-state index in [1.807, 2.05) is 31.2 Å². The van der Waals surface area contributed by atoms with Gasteiger partial charge in [0.05, 0.1) is 6.61 Å². The fourth-order valence-electron chi connectivity index (χ4n) is 1.51. The van der Waals surface area contributed by atoms with Crippen LogP contribution in [-0.2, 0) is 0 Å². The van der Waals surface area contributed by atoms with E-state index in [0.717, 1.165) is 24.2 Å². The second-order valence-corrected chi connectivity index (χ2v) is 3.54. The van der Waals surface area contributed by atoms with E-state index in [9.17, 15) is 0 Å². The quantitative estimate of drug-likeness (QED) is 0.749. The molecule has 0 aromatic heterocycles. The first-order valence-corrected chi connectivity index (χ1v) is 5.46. The molecule has 1 aromatic rings. The Hall–Kier alpha value is -1.06. The van der Waals surface area contributed by atoms with Crippen molar-refractivity contribution in [3.8, 4) is 5.75 Å². The van der Waals surface area contributed by atoms with Crippen molar-refractivity contribution in [1.82, 2.24) is 0 Å². The SMILES string of the molecule is CCOc1cccc([C@H](N)CCCN)c1. The van der Waals surface area contributed by atoms with E-state index < -0.39 is 0 Å². The van der Waals surface area contributed by atoms with Gasteiger partial charge in [-0.25, -0.2) is 0 Å². The lowest BCUT2D eigenvalue weighted by Gasteiger charge is -2.12. The Labute approximate surface area is 91.4 Å². The van der Waals surface area contributed by atoms with Gasteiger partial charge in [0.15, 0.2) is 0 Å². The van der Waals surface area contributed by atoms with Gasteiger partial charge in [-0.2, -0.15) is 0 Å². The Morgan fingerprint density at radius 3 is 2.87 bits per heavy atom. The predicted molar refractivity (Wildman–Crippen MR) is 62.8 cm³/mol. The van der Waals surface area contributed by atoms with Crippen LogP contribution in [0.1, 0.15) is 31.4 Å². The molecule has 15 heavy (non-hydrogen) atoms. The normalized spacial score (nSPS) is 12.5. The van der Waals surface area contributed by atoms with Gasteiger partial charge in [0.1, 0.15) is 5.75 Å². The van der Waals surface area contributed by atoms with Crippen molar-refractivity contribution < 1.29 is 4.74 Å². The zero-order chi connectivity index (χ0) is 11.1. The Bertz CT molecular complexity index is 289. The Balaban J connectivity index is 2.62. The van der Waals surface area contributed by atoms with Crippen molar-refractivity contribution in [2.45, 2.75) is 25.8 Å². The lowest BCUT2D eigenvalue weighted by atomic mass is 10.0. The van der Waals surface area contributed by atoms with Crippen molar-refractivity contribution in [3.05, 3.63) is 29.8 Å². The molecule has 0 radical (unpaired) electrons. The van der Waals surface area contributed by atoms with E-state index in [1.54, 1.807) is 0 Å². The highest BCUT2D eigenvalue weighted by Crippen LogP contribution is 2.20. The largest absolute Gasteiger partial charge is 0.494 e. The van der Waals surface area contributed by atoms with Crippen molar-refractivity contribution >= 4 is 0 Å². The minimum Gasteiger partial charge on any atom is -0.494 e. The maximum Gasteiger partial charge on any atom is 0.119 e. The fourth-order valence-corrected chi connectivity index (χ4v) is 1.51. The first-order valence-electron chi connectivity index (χ1n) is 5.46. The highest BCUT2D eigenvalue weighted by molar-refractivity contribution is 5.30. The number of rotatable bonds is 6. The highest BCUT2D eigenvalue weighted by Gasteiger charge is 2.05. The van der Waals surface area contributed by atoms with Crippen LogP contribution in [0.3, 0.4) is 0 Å². The molecular weight excluding hydrogens is 188 g/mol. The summed E-state index contributed by atoms with van der Waals surface area (Å²) in [6.45, 7) is 3.35. The topological polar surface area (TPSA) is 61.3 Å². The summed E-state index contributed by atoms with van der Waals surface area (Å²) in [5, 5.41) is 0. The number of hydrogen-bond donors (Lipinski definition) is 2. The summed E-state index contributed by atoms with van der Waals surface area (Å²) in [6.07, 6.45) is 1.88. The molecule has 0 amide bonds. The Morgan fingerprint density at radius 1 is 1.40 bits per heavy atom. The summed E-state index contributed by atoms with van der Waals surface area (Å²) in [5.41, 5.74) is 12.6. The molecule has 1 rings (SSSR count). The maximum atomic E-state index is 6.04. The molecule has 0 aliphatic rings. The van der Waals surface area contributed by atoms with E-state index in [4.69, 9.17) is 16.2 Å². The van der Waals surface area contributed by atoms with Crippen LogP contribution in [0.15, 0.2) is 24.3 Å². The Kier molecular flexibility index (Phi) is 5.15. The molecule has 0 saturated heterocycles. The monoisotopic (exact) mass is 208 g/mol. The van der Waals surface area contributed by atoms with E-state index >= 15 is 0 Å². The number of ether oxygens (including phenoxy) is 1. The molecule has 1 atom stereocenters. The fraction of sp³-hybridized carbons (Fsp3) is 0.500. The molecule has 0 spiro atoms. The van der Waals surface area contributed by atoms with Gasteiger partial charge in [-0.15, -0.1) is 0 Å². The summed E-state index contributed by atoms with van der Waals surface area (Å²) in [4.78, 5) is 0. The van der Waals surface area contributed by atoms with Gasteiger partial charge in [-0.1, -0.05) is 12.1 Å². The van der Waals surface area contributed by atoms with Gasteiger partial charge in [0.25, 0.3) is 0 Å². The standard InChI is InChI=1S/C12H20N2O/c1-2-15-11-6-3-5-10(9-11)12(14)7-4-8-13/h3,5-6,9,12H,2,4,7-8,13-14H2,1H3/t12-/m1/s1. The predicted octanol–water partition coefficient (Wildman–Crippen LogP) is 1.82. The summed E-state index contributed by atoms with van der Waals surface area (Å²) >= 11 is 0. The third-order valence-corrected chi connectivity index (χ3v) is 2.32. The molecule has 0 bridgehead atoms. The van der Waals surface area contributed by atoms with E-state index in [0.29, 0.717) is 13.2 Å². The van der Waals surface area contributed by atoms with Crippen molar-refractivity contribution in [2.24, 2.45) is 11.5 Å². The smallest absolute Gasteiger partial charge is 0.119 e. The van der Waals surface area contributed by atoms with Crippen LogP contribution in [0, 0.1) is 0 Å². The number of nitrogens with two attached hydrogens (primary N) is 2. The average Bonchev–Trinajstić information content (AvgIpc) is 2.27. The first kappa shape index (κ1) is 12.0. The number of hydrogen-bond acceptors (Lipinski definition) is 3. The van der Waals surface area contributed by atoms with Crippen molar-refractivity contribution in [3.63, 3.8) is 0 Å². The van der Waals surface area contributed by atoms with Gasteiger partial charge in [0.2, 0.25) is 0 Å². The molecular formula is C12H20N2O. The van der Waals surface area contributed by atoms with Crippen molar-refractivity contribution in [1.29, 1.82) is 0 Å². The highest BCUT2D eigenvalue weighted by atomic mass is 16.5. The van der Waals surface area contributed by atoms with Gasteiger partial charge >= 0.3 is 0 Å². The number of benzene rings is 1. The van der Waals surface area contributed by atoms with E-state index in [-0.39, 0.29) is 6.04 Å². The molecule has 3 heteroatoms. The van der Waals surface area contributed by atoms with Crippen LogP contribution < -0.4 is 16.2 Å². The van der Waals surface area contributed by atoms with Crippen LogP contribution in [0.4, 0.5) is 0 Å². The third-order valence-electron chi connectivity index (χ3n) is 2.32. The molecule has 0 saturated carbocycles. The molecule has 84 valence electrons. The van der Waals surface area contributed by atoms with Gasteiger partial charge in [0, 0.05) is 6.04 Å². The van der Waals surface area contributed by atoms with Crippen molar-refractivity contribution in [2.75, 3.05) is 13.2 Å². The molecule has 0 unspecified atom stereocenters. The van der Waals surface area contributed by atoms with E-state index in [1.165, 1.54) is 0 Å². The molecule has 0 aliphatic heterocycles. The minimum atomic E-state index is 0.0638. The minimum absolute atomic E-state index is 0.0638. The molecule has 0 fully saturated rings. The average molecular weight is 208 g/mol. The zero-order valence-electron chi connectivity index (χ0n) is 9.28. The summed E-state index contributed by atoms with van der Waals surface area (Å²) in [6, 6.07) is 8.02. The zero-order valence-corrected chi connectivity index (χ0v) is 9.28. The van der Waals surface area contributed by atoms with Gasteiger partial charge < -0.3 is 16.2 Å². The second kappa shape index (κ2) is 6.43. The van der Waals surface area contributed by atoms with Gasteiger partial charge in [-0.3, -0.25) is 0 Å². The molecule has 3 nitrogen and oxygen atoms in total.